The van der Waals surface area contributed by atoms with Gasteiger partial charge in [-0.15, -0.1) is 0 Å². The van der Waals surface area contributed by atoms with Crippen LogP contribution in [0.4, 0.5) is 0 Å². The van der Waals surface area contributed by atoms with E-state index in [1.807, 2.05) is 0 Å². The molecule has 3 aliphatic carbocycles. The summed E-state index contributed by atoms with van der Waals surface area (Å²) >= 11 is 0. The van der Waals surface area contributed by atoms with Crippen molar-refractivity contribution in [3.05, 3.63) is 11.1 Å². The number of aliphatic hydroxyl groups excluding tert-OH is 3. The van der Waals surface area contributed by atoms with Gasteiger partial charge in [0.25, 0.3) is 0 Å². The molecular weight excluding hydrogens is 288 g/mol. The maximum Gasteiger partial charge on any atom is 0.0852 e. The molecule has 0 radical (unpaired) electrons. The molecule has 0 aromatic carbocycles. The van der Waals surface area contributed by atoms with E-state index in [1.165, 1.54) is 31.3 Å². The van der Waals surface area contributed by atoms with Crippen LogP contribution in [0.5, 0.6) is 0 Å². The molecule has 2 unspecified atom stereocenters. The van der Waals surface area contributed by atoms with E-state index in [2.05, 4.69) is 20.8 Å². The van der Waals surface area contributed by atoms with Crippen molar-refractivity contribution in [1.29, 1.82) is 0 Å². The number of fused-ring (bicyclic) bond motifs is 2. The van der Waals surface area contributed by atoms with Gasteiger partial charge in [-0.05, 0) is 61.7 Å². The molecule has 0 aromatic rings. The summed E-state index contributed by atoms with van der Waals surface area (Å²) in [5.74, 6) is 0.756. The molecule has 0 aliphatic heterocycles. The second-order valence-electron chi connectivity index (χ2n) is 9.33. The molecule has 0 amide bonds. The van der Waals surface area contributed by atoms with E-state index in [0.717, 1.165) is 31.6 Å². The van der Waals surface area contributed by atoms with E-state index in [1.54, 1.807) is 5.57 Å². The van der Waals surface area contributed by atoms with Crippen LogP contribution in [-0.4, -0.2) is 34.6 Å². The Bertz CT molecular complexity index is 495. The van der Waals surface area contributed by atoms with Crippen LogP contribution in [0.25, 0.3) is 0 Å². The summed E-state index contributed by atoms with van der Waals surface area (Å²) in [5.41, 5.74) is 3.31. The zero-order chi connectivity index (χ0) is 16.9. The van der Waals surface area contributed by atoms with Gasteiger partial charge in [0, 0.05) is 5.41 Å². The average Bonchev–Trinajstić information content (AvgIpc) is 2.52. The largest absolute Gasteiger partial charge is 0.396 e. The lowest BCUT2D eigenvalue weighted by atomic mass is 9.47. The van der Waals surface area contributed by atoms with E-state index in [0.29, 0.717) is 10.8 Å². The molecule has 3 N–H and O–H groups in total. The SMILES string of the molecule is CC1(C)CCC[C@]2(C)C3=C(CCC12)C[C@@](CO)(C(O)CO)CC3. The lowest BCUT2D eigenvalue weighted by Crippen LogP contribution is -2.49. The minimum absolute atomic E-state index is 0.0306. The minimum atomic E-state index is -0.810. The van der Waals surface area contributed by atoms with Gasteiger partial charge >= 0.3 is 0 Å². The van der Waals surface area contributed by atoms with Crippen molar-refractivity contribution in [3.63, 3.8) is 0 Å². The lowest BCUT2D eigenvalue weighted by molar-refractivity contribution is -0.0630. The van der Waals surface area contributed by atoms with Crippen LogP contribution < -0.4 is 0 Å². The van der Waals surface area contributed by atoms with Crippen LogP contribution in [0, 0.1) is 22.2 Å². The summed E-state index contributed by atoms with van der Waals surface area (Å²) in [6.45, 7) is 7.07. The molecule has 0 spiro atoms. The van der Waals surface area contributed by atoms with Crippen molar-refractivity contribution in [3.8, 4) is 0 Å². The Morgan fingerprint density at radius 1 is 1.09 bits per heavy atom. The van der Waals surface area contributed by atoms with Crippen molar-refractivity contribution in [1.82, 2.24) is 0 Å². The minimum Gasteiger partial charge on any atom is -0.396 e. The number of rotatable bonds is 3. The topological polar surface area (TPSA) is 60.7 Å². The van der Waals surface area contributed by atoms with Crippen molar-refractivity contribution < 1.29 is 15.3 Å². The quantitative estimate of drug-likeness (QED) is 0.698. The fraction of sp³-hybridized carbons (Fsp3) is 0.900. The normalized spacial score (nSPS) is 41.2. The summed E-state index contributed by atoms with van der Waals surface area (Å²) in [6, 6.07) is 0. The molecule has 0 aromatic heterocycles. The van der Waals surface area contributed by atoms with E-state index in [-0.39, 0.29) is 13.2 Å². The molecule has 132 valence electrons. The maximum atomic E-state index is 10.3. The van der Waals surface area contributed by atoms with E-state index < -0.39 is 11.5 Å². The molecule has 3 aliphatic rings. The molecule has 3 nitrogen and oxygen atoms in total. The Hall–Kier alpha value is -0.380. The summed E-state index contributed by atoms with van der Waals surface area (Å²) in [5, 5.41) is 29.6. The van der Waals surface area contributed by atoms with Gasteiger partial charge in [0.1, 0.15) is 0 Å². The highest BCUT2D eigenvalue weighted by atomic mass is 16.3. The monoisotopic (exact) mass is 322 g/mol. The van der Waals surface area contributed by atoms with Crippen molar-refractivity contribution in [2.45, 2.75) is 78.2 Å². The molecule has 1 fully saturated rings. The van der Waals surface area contributed by atoms with Gasteiger partial charge in [-0.1, -0.05) is 38.3 Å². The maximum absolute atomic E-state index is 10.3. The standard InChI is InChI=1S/C20H34O3/c1-18(2)8-4-9-19(3)15-7-10-20(13-22,17(23)12-21)11-14(15)5-6-16(18)19/h16-17,21-23H,4-13H2,1-3H3/t16?,17?,19-,20+/m1/s1. The highest BCUT2D eigenvalue weighted by molar-refractivity contribution is 5.32. The predicted molar refractivity (Wildman–Crippen MR) is 92.0 cm³/mol. The summed E-state index contributed by atoms with van der Waals surface area (Å²) in [6.07, 6.45) is 8.01. The summed E-state index contributed by atoms with van der Waals surface area (Å²) < 4.78 is 0. The zero-order valence-electron chi connectivity index (χ0n) is 15.1. The molecule has 4 atom stereocenters. The van der Waals surface area contributed by atoms with Crippen LogP contribution in [0.2, 0.25) is 0 Å². The van der Waals surface area contributed by atoms with Crippen LogP contribution >= 0.6 is 0 Å². The van der Waals surface area contributed by atoms with E-state index in [4.69, 9.17) is 0 Å². The number of allylic oxidation sites excluding steroid dienone is 2. The van der Waals surface area contributed by atoms with Crippen molar-refractivity contribution in [2.75, 3.05) is 13.2 Å². The highest BCUT2D eigenvalue weighted by Gasteiger charge is 2.53. The number of hydrogen-bond acceptors (Lipinski definition) is 3. The van der Waals surface area contributed by atoms with Crippen molar-refractivity contribution >= 4 is 0 Å². The third-order valence-corrected chi connectivity index (χ3v) is 7.71. The fourth-order valence-corrected chi connectivity index (χ4v) is 6.33. The highest BCUT2D eigenvalue weighted by Crippen LogP contribution is 2.63. The van der Waals surface area contributed by atoms with Crippen molar-refractivity contribution in [2.24, 2.45) is 22.2 Å². The number of hydrogen-bond donors (Lipinski definition) is 3. The molecule has 0 saturated heterocycles. The first-order chi connectivity index (χ1) is 10.8. The number of aliphatic hydroxyl groups is 3. The van der Waals surface area contributed by atoms with Gasteiger partial charge in [-0.25, -0.2) is 0 Å². The van der Waals surface area contributed by atoms with Crippen LogP contribution in [0.3, 0.4) is 0 Å². The van der Waals surface area contributed by atoms with Gasteiger partial charge in [-0.2, -0.15) is 0 Å². The second kappa shape index (κ2) is 5.86. The second-order valence-corrected chi connectivity index (χ2v) is 9.33. The van der Waals surface area contributed by atoms with Gasteiger partial charge in [0.2, 0.25) is 0 Å². The fourth-order valence-electron chi connectivity index (χ4n) is 6.33. The van der Waals surface area contributed by atoms with E-state index in [9.17, 15) is 15.3 Å². The molecule has 0 bridgehead atoms. The van der Waals surface area contributed by atoms with Gasteiger partial charge < -0.3 is 15.3 Å². The molecular formula is C20H34O3. The van der Waals surface area contributed by atoms with Gasteiger partial charge in [-0.3, -0.25) is 0 Å². The first-order valence-corrected chi connectivity index (χ1v) is 9.40. The van der Waals surface area contributed by atoms with Gasteiger partial charge in [0.05, 0.1) is 19.3 Å². The molecule has 3 heteroatoms. The lowest BCUT2D eigenvalue weighted by Gasteiger charge is -2.57. The Kier molecular flexibility index (Phi) is 4.44. The predicted octanol–water partition coefficient (Wildman–Crippen LogP) is 3.43. The molecule has 23 heavy (non-hydrogen) atoms. The van der Waals surface area contributed by atoms with Gasteiger partial charge in [0.15, 0.2) is 0 Å². The Morgan fingerprint density at radius 2 is 1.83 bits per heavy atom. The third kappa shape index (κ3) is 2.60. The molecule has 0 heterocycles. The Labute approximate surface area is 140 Å². The molecule has 1 saturated carbocycles. The average molecular weight is 322 g/mol. The smallest absolute Gasteiger partial charge is 0.0852 e. The summed E-state index contributed by atoms with van der Waals surface area (Å²) in [7, 11) is 0. The third-order valence-electron chi connectivity index (χ3n) is 7.71. The Balaban J connectivity index is 1.94. The summed E-state index contributed by atoms with van der Waals surface area (Å²) in [4.78, 5) is 0. The van der Waals surface area contributed by atoms with Crippen LogP contribution in [0.1, 0.15) is 72.1 Å². The first kappa shape index (κ1) is 17.4. The first-order valence-electron chi connectivity index (χ1n) is 9.40. The van der Waals surface area contributed by atoms with Crippen LogP contribution in [0.15, 0.2) is 11.1 Å². The van der Waals surface area contributed by atoms with E-state index >= 15 is 0 Å². The molecule has 3 rings (SSSR count). The Morgan fingerprint density at radius 3 is 2.48 bits per heavy atom. The van der Waals surface area contributed by atoms with Crippen LogP contribution in [-0.2, 0) is 0 Å². The zero-order valence-corrected chi connectivity index (χ0v) is 15.1.